The van der Waals surface area contributed by atoms with Crippen molar-refractivity contribution in [1.82, 2.24) is 14.5 Å². The number of rotatable bonds is 3. The maximum absolute atomic E-state index is 11.4. The summed E-state index contributed by atoms with van der Waals surface area (Å²) in [6.07, 6.45) is 0.810. The fourth-order valence-corrected chi connectivity index (χ4v) is 4.89. The zero-order valence-electron chi connectivity index (χ0n) is 20.0. The van der Waals surface area contributed by atoms with Crippen LogP contribution >= 0.6 is 0 Å². The first-order chi connectivity index (χ1) is 17.5. The molecule has 0 bridgehead atoms. The van der Waals surface area contributed by atoms with Gasteiger partial charge in [-0.25, -0.2) is 9.78 Å². The minimum Gasteiger partial charge on any atom is -0.491 e. The number of nitrogens with zero attached hydrogens (tertiary/aromatic N) is 5. The first-order valence-electron chi connectivity index (χ1n) is 11.8. The molecule has 1 amide bonds. The van der Waals surface area contributed by atoms with Gasteiger partial charge in [-0.1, -0.05) is 30.3 Å². The molecule has 0 atom stereocenters. The number of imidazole rings is 1. The van der Waals surface area contributed by atoms with E-state index in [1.54, 1.807) is 4.57 Å². The second kappa shape index (κ2) is 8.57. The van der Waals surface area contributed by atoms with Gasteiger partial charge in [0.15, 0.2) is 0 Å². The number of hydrogen-bond acceptors (Lipinski definition) is 5. The monoisotopic (exact) mass is 479 g/mol. The van der Waals surface area contributed by atoms with Gasteiger partial charge in [-0.2, -0.15) is 0 Å². The number of para-hydroxylation sites is 1. The standard InChI is InChI=1S/C28H25N5O3/c1-31-25-9-7-19(16-23(25)30-27(31)32(2)28(34)35)18-8-10-26-20(15-18)17-33(13-14-36-26)24-11-12-29-22-6-4-3-5-21(22)24/h3-12,15-16H,13-14,17H2,1-2H3,(H,34,35). The Labute approximate surface area is 208 Å². The van der Waals surface area contributed by atoms with Crippen LogP contribution in [0.1, 0.15) is 5.56 Å². The van der Waals surface area contributed by atoms with Crippen LogP contribution in [0, 0.1) is 0 Å². The van der Waals surface area contributed by atoms with Gasteiger partial charge in [0.1, 0.15) is 12.4 Å². The van der Waals surface area contributed by atoms with Crippen LogP contribution in [0.3, 0.4) is 0 Å². The molecule has 6 rings (SSSR count). The number of pyridine rings is 1. The van der Waals surface area contributed by atoms with Gasteiger partial charge in [-0.15, -0.1) is 0 Å². The van der Waals surface area contributed by atoms with Gasteiger partial charge in [0.05, 0.1) is 23.1 Å². The molecular formula is C28H25N5O3. The Morgan fingerprint density at radius 1 is 1.03 bits per heavy atom. The van der Waals surface area contributed by atoms with Gasteiger partial charge in [0.25, 0.3) is 0 Å². The Balaban J connectivity index is 1.37. The van der Waals surface area contributed by atoms with Gasteiger partial charge in [-0.3, -0.25) is 9.88 Å². The van der Waals surface area contributed by atoms with Crippen LogP contribution in [0.4, 0.5) is 16.4 Å². The first kappa shape index (κ1) is 21.9. The van der Waals surface area contributed by atoms with Gasteiger partial charge in [0, 0.05) is 43.5 Å². The van der Waals surface area contributed by atoms with Crippen molar-refractivity contribution in [3.63, 3.8) is 0 Å². The lowest BCUT2D eigenvalue weighted by atomic mass is 10.0. The third kappa shape index (κ3) is 3.67. The van der Waals surface area contributed by atoms with Crippen molar-refractivity contribution < 1.29 is 14.6 Å². The van der Waals surface area contributed by atoms with E-state index in [1.807, 2.05) is 55.7 Å². The summed E-state index contributed by atoms with van der Waals surface area (Å²) in [7, 11) is 3.32. The van der Waals surface area contributed by atoms with Crippen LogP contribution < -0.4 is 14.5 Å². The molecule has 0 radical (unpaired) electrons. The first-order valence-corrected chi connectivity index (χ1v) is 11.8. The molecule has 0 unspecified atom stereocenters. The molecule has 8 heteroatoms. The zero-order valence-corrected chi connectivity index (χ0v) is 20.0. The number of anilines is 2. The fraction of sp³-hybridized carbons (Fsp3) is 0.179. The summed E-state index contributed by atoms with van der Waals surface area (Å²) in [5.41, 5.74) is 6.92. The van der Waals surface area contributed by atoms with Crippen molar-refractivity contribution in [3.05, 3.63) is 78.5 Å². The quantitative estimate of drug-likeness (QED) is 0.378. The van der Waals surface area contributed by atoms with Gasteiger partial charge in [0.2, 0.25) is 5.95 Å². The number of carbonyl (C=O) groups is 1. The summed E-state index contributed by atoms with van der Waals surface area (Å²) in [6, 6.07) is 22.6. The summed E-state index contributed by atoms with van der Waals surface area (Å²) in [5, 5.41) is 10.5. The minimum atomic E-state index is -1.05. The highest BCUT2D eigenvalue weighted by Gasteiger charge is 2.20. The molecule has 36 heavy (non-hydrogen) atoms. The molecule has 1 aliphatic rings. The molecule has 3 aromatic carbocycles. The summed E-state index contributed by atoms with van der Waals surface area (Å²) in [5.74, 6) is 1.27. The SMILES string of the molecule is CN(C(=O)O)c1nc2cc(-c3ccc4c(c3)CN(c3ccnc5ccccc35)CCO4)ccc2n1C. The van der Waals surface area contributed by atoms with Crippen LogP contribution in [-0.4, -0.2) is 45.9 Å². The molecular weight excluding hydrogens is 454 g/mol. The molecule has 180 valence electrons. The molecule has 0 saturated heterocycles. The Bertz CT molecular complexity index is 1620. The summed E-state index contributed by atoms with van der Waals surface area (Å²) in [6.45, 7) is 2.09. The summed E-state index contributed by atoms with van der Waals surface area (Å²) < 4.78 is 7.89. The Hall–Kier alpha value is -4.59. The predicted octanol–water partition coefficient (Wildman–Crippen LogP) is 5.30. The van der Waals surface area contributed by atoms with Crippen molar-refractivity contribution in [2.45, 2.75) is 6.54 Å². The zero-order chi connectivity index (χ0) is 24.8. The maximum atomic E-state index is 11.4. The largest absolute Gasteiger partial charge is 0.491 e. The van der Waals surface area contributed by atoms with Crippen LogP contribution in [0.5, 0.6) is 5.75 Å². The van der Waals surface area contributed by atoms with E-state index in [4.69, 9.17) is 4.74 Å². The lowest BCUT2D eigenvalue weighted by molar-refractivity contribution is 0.203. The van der Waals surface area contributed by atoms with Crippen LogP contribution in [0.2, 0.25) is 0 Å². The van der Waals surface area contributed by atoms with E-state index in [1.165, 1.54) is 7.05 Å². The van der Waals surface area contributed by atoms with E-state index in [2.05, 4.69) is 39.1 Å². The van der Waals surface area contributed by atoms with Crippen molar-refractivity contribution >= 4 is 39.7 Å². The number of benzene rings is 3. The second-order valence-electron chi connectivity index (χ2n) is 8.96. The third-order valence-electron chi connectivity index (χ3n) is 6.78. The number of carboxylic acid groups (broad SMARTS) is 1. The molecule has 1 aliphatic heterocycles. The smallest absolute Gasteiger partial charge is 0.413 e. The van der Waals surface area contributed by atoms with Crippen LogP contribution in [0.15, 0.2) is 72.9 Å². The topological polar surface area (TPSA) is 83.7 Å². The highest BCUT2D eigenvalue weighted by atomic mass is 16.5. The number of amides is 1. The maximum Gasteiger partial charge on any atom is 0.413 e. The second-order valence-corrected chi connectivity index (χ2v) is 8.96. The minimum absolute atomic E-state index is 0.380. The molecule has 0 saturated carbocycles. The lowest BCUT2D eigenvalue weighted by Gasteiger charge is -2.23. The number of aromatic nitrogens is 3. The molecule has 0 aliphatic carbocycles. The van der Waals surface area contributed by atoms with Crippen LogP contribution in [-0.2, 0) is 13.6 Å². The third-order valence-corrected chi connectivity index (χ3v) is 6.78. The Morgan fingerprint density at radius 3 is 2.69 bits per heavy atom. The van der Waals surface area contributed by atoms with Crippen molar-refractivity contribution in [2.75, 3.05) is 30.0 Å². The average molecular weight is 480 g/mol. The van der Waals surface area contributed by atoms with E-state index >= 15 is 0 Å². The Morgan fingerprint density at radius 2 is 1.83 bits per heavy atom. The summed E-state index contributed by atoms with van der Waals surface area (Å²) >= 11 is 0. The average Bonchev–Trinajstić information content (AvgIpc) is 3.08. The number of ether oxygens (including phenoxy) is 1. The molecule has 0 fully saturated rings. The number of fused-ring (bicyclic) bond motifs is 3. The van der Waals surface area contributed by atoms with E-state index in [9.17, 15) is 9.90 Å². The molecule has 0 spiro atoms. The predicted molar refractivity (Wildman–Crippen MR) is 141 cm³/mol. The molecule has 8 nitrogen and oxygen atoms in total. The molecule has 1 N–H and O–H groups in total. The van der Waals surface area contributed by atoms with E-state index < -0.39 is 6.09 Å². The van der Waals surface area contributed by atoms with E-state index in [-0.39, 0.29) is 0 Å². The summed E-state index contributed by atoms with van der Waals surface area (Å²) in [4.78, 5) is 24.0. The van der Waals surface area contributed by atoms with Gasteiger partial charge >= 0.3 is 6.09 Å². The highest BCUT2D eigenvalue weighted by molar-refractivity contribution is 5.92. The molecule has 2 aromatic heterocycles. The molecule has 5 aromatic rings. The Kier molecular flexibility index (Phi) is 5.21. The van der Waals surface area contributed by atoms with Gasteiger partial charge < -0.3 is 19.3 Å². The van der Waals surface area contributed by atoms with Crippen molar-refractivity contribution in [1.29, 1.82) is 0 Å². The van der Waals surface area contributed by atoms with Gasteiger partial charge in [-0.05, 0) is 47.5 Å². The molecule has 3 heterocycles. The van der Waals surface area contributed by atoms with Crippen molar-refractivity contribution in [2.24, 2.45) is 7.05 Å². The van der Waals surface area contributed by atoms with E-state index in [0.717, 1.165) is 68.1 Å². The van der Waals surface area contributed by atoms with Crippen LogP contribution in [0.25, 0.3) is 33.1 Å². The normalized spacial score (nSPS) is 13.3. The number of aryl methyl sites for hydroxylation is 1. The van der Waals surface area contributed by atoms with E-state index in [0.29, 0.717) is 12.6 Å². The lowest BCUT2D eigenvalue weighted by Crippen LogP contribution is -2.26. The van der Waals surface area contributed by atoms with Crippen molar-refractivity contribution in [3.8, 4) is 16.9 Å². The highest BCUT2D eigenvalue weighted by Crippen LogP contribution is 2.34. The number of hydrogen-bond donors (Lipinski definition) is 1. The fourth-order valence-electron chi connectivity index (χ4n) is 4.89.